The molecule has 3 rings (SSSR count). The van der Waals surface area contributed by atoms with Crippen LogP contribution in [0.4, 0.5) is 18.9 Å². The average Bonchev–Trinajstić information content (AvgIpc) is 2.82. The van der Waals surface area contributed by atoms with Crippen LogP contribution in [0.1, 0.15) is 19.4 Å². The van der Waals surface area contributed by atoms with E-state index in [1.54, 1.807) is 34.9 Å². The van der Waals surface area contributed by atoms with E-state index in [0.717, 1.165) is 16.4 Å². The van der Waals surface area contributed by atoms with E-state index in [1.807, 2.05) is 6.92 Å². The highest BCUT2D eigenvalue weighted by molar-refractivity contribution is 7.89. The molecular formula is C23H28F3N3O4S. The highest BCUT2D eigenvalue weighted by atomic mass is 32.2. The number of carbonyl (C=O) groups is 1. The van der Waals surface area contributed by atoms with Crippen molar-refractivity contribution in [3.8, 4) is 5.75 Å². The lowest BCUT2D eigenvalue weighted by Crippen LogP contribution is -2.51. The molecule has 1 saturated heterocycles. The number of rotatable bonds is 8. The summed E-state index contributed by atoms with van der Waals surface area (Å²) in [4.78, 5) is 16.2. The second kappa shape index (κ2) is 10.6. The van der Waals surface area contributed by atoms with Crippen molar-refractivity contribution in [2.24, 2.45) is 0 Å². The number of ether oxygens (including phenoxy) is 1. The smallest absolute Gasteiger partial charge is 0.416 e. The Labute approximate surface area is 197 Å². The van der Waals surface area contributed by atoms with Crippen molar-refractivity contribution in [3.63, 3.8) is 0 Å². The number of likely N-dealkylation sites (N-methyl/N-ethyl adjacent to an activating group) is 1. The van der Waals surface area contributed by atoms with Gasteiger partial charge in [-0.05, 0) is 49.4 Å². The SMILES string of the molecule is CCOc1ccc(S(=O)(=O)N(CC)CC(=O)N2CCN(c3cccc(C(F)(F)F)c3)CC2)cc1. The number of hydrogen-bond acceptors (Lipinski definition) is 5. The first-order valence-corrected chi connectivity index (χ1v) is 12.4. The fourth-order valence-electron chi connectivity index (χ4n) is 3.73. The summed E-state index contributed by atoms with van der Waals surface area (Å²) >= 11 is 0. The van der Waals surface area contributed by atoms with Gasteiger partial charge < -0.3 is 14.5 Å². The molecule has 0 spiro atoms. The van der Waals surface area contributed by atoms with Crippen LogP contribution in [0.5, 0.6) is 5.75 Å². The van der Waals surface area contributed by atoms with E-state index in [-0.39, 0.29) is 37.0 Å². The number of sulfonamides is 1. The molecule has 7 nitrogen and oxygen atoms in total. The Hall–Kier alpha value is -2.79. The molecule has 2 aromatic carbocycles. The van der Waals surface area contributed by atoms with Gasteiger partial charge in [-0.15, -0.1) is 0 Å². The molecule has 11 heteroatoms. The van der Waals surface area contributed by atoms with E-state index in [0.29, 0.717) is 31.1 Å². The number of halogens is 3. The molecule has 0 saturated carbocycles. The van der Waals surface area contributed by atoms with Crippen LogP contribution in [-0.4, -0.2) is 69.4 Å². The molecule has 0 unspecified atom stereocenters. The van der Waals surface area contributed by atoms with Gasteiger partial charge in [-0.25, -0.2) is 8.42 Å². The fourth-order valence-corrected chi connectivity index (χ4v) is 5.13. The summed E-state index contributed by atoms with van der Waals surface area (Å²) < 4.78 is 71.5. The minimum absolute atomic E-state index is 0.0694. The molecule has 1 amide bonds. The van der Waals surface area contributed by atoms with Gasteiger partial charge in [-0.3, -0.25) is 4.79 Å². The maximum absolute atomic E-state index is 13.0. The molecule has 1 aliphatic heterocycles. The number of alkyl halides is 3. The fraction of sp³-hybridized carbons (Fsp3) is 0.435. The number of benzene rings is 2. The molecule has 0 aromatic heterocycles. The first kappa shape index (κ1) is 25.8. The highest BCUT2D eigenvalue weighted by Gasteiger charge is 2.32. The first-order chi connectivity index (χ1) is 16.1. The molecule has 1 fully saturated rings. The molecule has 186 valence electrons. The topological polar surface area (TPSA) is 70.2 Å². The van der Waals surface area contributed by atoms with Gasteiger partial charge in [0.2, 0.25) is 15.9 Å². The lowest BCUT2D eigenvalue weighted by atomic mass is 10.1. The number of carbonyl (C=O) groups excluding carboxylic acids is 1. The Morgan fingerprint density at radius 1 is 1.03 bits per heavy atom. The molecule has 0 atom stereocenters. The number of amides is 1. The minimum Gasteiger partial charge on any atom is -0.494 e. The minimum atomic E-state index is -4.42. The van der Waals surface area contributed by atoms with Crippen molar-refractivity contribution in [2.45, 2.75) is 24.9 Å². The van der Waals surface area contributed by atoms with E-state index in [2.05, 4.69) is 0 Å². The number of piperazine rings is 1. The van der Waals surface area contributed by atoms with Gasteiger partial charge in [-0.2, -0.15) is 17.5 Å². The van der Waals surface area contributed by atoms with Crippen LogP contribution < -0.4 is 9.64 Å². The van der Waals surface area contributed by atoms with E-state index < -0.39 is 21.8 Å². The van der Waals surface area contributed by atoms with Crippen LogP contribution in [0.3, 0.4) is 0 Å². The standard InChI is InChI=1S/C23H28F3N3O4S/c1-3-29(34(31,32)21-10-8-20(9-11-21)33-4-2)17-22(30)28-14-12-27(13-15-28)19-7-5-6-18(16-19)23(24,25)26/h5-11,16H,3-4,12-15,17H2,1-2H3. The van der Waals surface area contributed by atoms with E-state index in [1.165, 1.54) is 18.2 Å². The highest BCUT2D eigenvalue weighted by Crippen LogP contribution is 2.32. The van der Waals surface area contributed by atoms with E-state index in [9.17, 15) is 26.4 Å². The van der Waals surface area contributed by atoms with Gasteiger partial charge in [-0.1, -0.05) is 13.0 Å². The van der Waals surface area contributed by atoms with Crippen molar-refractivity contribution < 1.29 is 31.1 Å². The third-order valence-electron chi connectivity index (χ3n) is 5.61. The summed E-state index contributed by atoms with van der Waals surface area (Å²) in [5, 5.41) is 0. The molecular weight excluding hydrogens is 471 g/mol. The van der Waals surface area contributed by atoms with Crippen LogP contribution >= 0.6 is 0 Å². The molecule has 2 aromatic rings. The number of nitrogens with zero attached hydrogens (tertiary/aromatic N) is 3. The zero-order valence-electron chi connectivity index (χ0n) is 19.1. The Kier molecular flexibility index (Phi) is 8.09. The Bertz CT molecular complexity index is 1080. The van der Waals surface area contributed by atoms with Crippen LogP contribution in [0, 0.1) is 0 Å². The summed E-state index contributed by atoms with van der Waals surface area (Å²) in [6.45, 7) is 5.03. The van der Waals surface area contributed by atoms with Crippen LogP contribution in [-0.2, 0) is 21.0 Å². The summed E-state index contributed by atoms with van der Waals surface area (Å²) in [6, 6.07) is 11.1. The van der Waals surface area contributed by atoms with Gasteiger partial charge >= 0.3 is 6.18 Å². The summed E-state index contributed by atoms with van der Waals surface area (Å²) in [6.07, 6.45) is -4.42. The monoisotopic (exact) mass is 499 g/mol. The van der Waals surface area contributed by atoms with Crippen molar-refractivity contribution in [1.29, 1.82) is 0 Å². The molecule has 1 heterocycles. The second-order valence-corrected chi connectivity index (χ2v) is 9.69. The summed E-state index contributed by atoms with van der Waals surface area (Å²) in [5.74, 6) is 0.208. The molecule has 0 bridgehead atoms. The number of anilines is 1. The van der Waals surface area contributed by atoms with Crippen LogP contribution in [0.15, 0.2) is 53.4 Å². The Balaban J connectivity index is 1.62. The predicted octanol–water partition coefficient (Wildman–Crippen LogP) is 3.46. The van der Waals surface area contributed by atoms with Gasteiger partial charge in [0.15, 0.2) is 0 Å². The second-order valence-electron chi connectivity index (χ2n) is 7.75. The molecule has 34 heavy (non-hydrogen) atoms. The number of hydrogen-bond donors (Lipinski definition) is 0. The lowest BCUT2D eigenvalue weighted by Gasteiger charge is -2.37. The normalized spacial score (nSPS) is 15.0. The maximum Gasteiger partial charge on any atom is 0.416 e. The largest absolute Gasteiger partial charge is 0.494 e. The quantitative estimate of drug-likeness (QED) is 0.557. The van der Waals surface area contributed by atoms with Crippen molar-refractivity contribution in [3.05, 3.63) is 54.1 Å². The molecule has 1 aliphatic rings. The van der Waals surface area contributed by atoms with E-state index >= 15 is 0 Å². The van der Waals surface area contributed by atoms with Crippen molar-refractivity contribution in [2.75, 3.05) is 50.8 Å². The lowest BCUT2D eigenvalue weighted by molar-refractivity contribution is -0.137. The summed E-state index contributed by atoms with van der Waals surface area (Å²) in [5.41, 5.74) is -0.281. The zero-order chi connectivity index (χ0) is 24.9. The predicted molar refractivity (Wildman–Crippen MR) is 122 cm³/mol. The van der Waals surface area contributed by atoms with Crippen LogP contribution in [0.2, 0.25) is 0 Å². The van der Waals surface area contributed by atoms with Crippen molar-refractivity contribution >= 4 is 21.6 Å². The zero-order valence-corrected chi connectivity index (χ0v) is 19.9. The van der Waals surface area contributed by atoms with Crippen LogP contribution in [0.25, 0.3) is 0 Å². The maximum atomic E-state index is 13.0. The van der Waals surface area contributed by atoms with E-state index in [4.69, 9.17) is 4.74 Å². The summed E-state index contributed by atoms with van der Waals surface area (Å²) in [7, 11) is -3.88. The molecule has 0 aliphatic carbocycles. The third-order valence-corrected chi connectivity index (χ3v) is 7.54. The van der Waals surface area contributed by atoms with Gasteiger partial charge in [0, 0.05) is 38.4 Å². The van der Waals surface area contributed by atoms with Crippen molar-refractivity contribution in [1.82, 2.24) is 9.21 Å². The Morgan fingerprint density at radius 2 is 1.68 bits per heavy atom. The molecule has 0 radical (unpaired) electrons. The first-order valence-electron chi connectivity index (χ1n) is 11.0. The van der Waals surface area contributed by atoms with Gasteiger partial charge in [0.25, 0.3) is 0 Å². The average molecular weight is 500 g/mol. The van der Waals surface area contributed by atoms with Gasteiger partial charge in [0.05, 0.1) is 23.6 Å². The molecule has 0 N–H and O–H groups in total. The third kappa shape index (κ3) is 6.01. The Morgan fingerprint density at radius 3 is 2.24 bits per heavy atom. The van der Waals surface area contributed by atoms with Gasteiger partial charge in [0.1, 0.15) is 5.75 Å².